The summed E-state index contributed by atoms with van der Waals surface area (Å²) in [6, 6.07) is 5.11. The Balaban J connectivity index is 2.18. The van der Waals surface area contributed by atoms with Gasteiger partial charge in [0.25, 0.3) is 0 Å². The van der Waals surface area contributed by atoms with Gasteiger partial charge in [-0.15, -0.1) is 0 Å². The third-order valence-corrected chi connectivity index (χ3v) is 3.84. The van der Waals surface area contributed by atoms with Crippen molar-refractivity contribution in [3.8, 4) is 5.75 Å². The molecule has 1 aliphatic rings. The number of anilines is 1. The SMILES string of the molecule is COC(=O)c1cc(N)ccc1OC1CC(C)CC(C)C1. The molecule has 0 bridgehead atoms. The molecule has 1 aliphatic carbocycles. The van der Waals surface area contributed by atoms with Gasteiger partial charge in [-0.3, -0.25) is 0 Å². The molecule has 0 amide bonds. The van der Waals surface area contributed by atoms with Gasteiger partial charge in [-0.05, 0) is 49.3 Å². The van der Waals surface area contributed by atoms with Gasteiger partial charge >= 0.3 is 5.97 Å². The first kappa shape index (κ1) is 14.7. The van der Waals surface area contributed by atoms with Gasteiger partial charge in [0.1, 0.15) is 11.3 Å². The summed E-state index contributed by atoms with van der Waals surface area (Å²) in [6.45, 7) is 4.49. The smallest absolute Gasteiger partial charge is 0.341 e. The van der Waals surface area contributed by atoms with E-state index in [0.29, 0.717) is 28.8 Å². The van der Waals surface area contributed by atoms with Gasteiger partial charge in [0.05, 0.1) is 13.2 Å². The molecule has 110 valence electrons. The fourth-order valence-corrected chi connectivity index (χ4v) is 3.07. The maximum Gasteiger partial charge on any atom is 0.341 e. The molecule has 1 aromatic carbocycles. The van der Waals surface area contributed by atoms with E-state index < -0.39 is 5.97 Å². The summed E-state index contributed by atoms with van der Waals surface area (Å²) in [5.41, 5.74) is 6.67. The Hall–Kier alpha value is -1.71. The molecule has 1 aromatic rings. The topological polar surface area (TPSA) is 61.5 Å². The van der Waals surface area contributed by atoms with Crippen LogP contribution >= 0.6 is 0 Å². The van der Waals surface area contributed by atoms with Crippen molar-refractivity contribution < 1.29 is 14.3 Å². The van der Waals surface area contributed by atoms with Gasteiger partial charge in [-0.2, -0.15) is 0 Å². The molecule has 2 atom stereocenters. The molecule has 2 N–H and O–H groups in total. The molecule has 2 rings (SSSR count). The van der Waals surface area contributed by atoms with Crippen molar-refractivity contribution in [2.45, 2.75) is 39.2 Å². The average Bonchev–Trinajstić information content (AvgIpc) is 2.38. The Morgan fingerprint density at radius 1 is 1.20 bits per heavy atom. The predicted octanol–water partition coefficient (Wildman–Crippen LogP) is 3.26. The highest BCUT2D eigenvalue weighted by Crippen LogP contribution is 2.33. The Kier molecular flexibility index (Phi) is 4.53. The standard InChI is InChI=1S/C16H23NO3/c1-10-6-11(2)8-13(7-10)20-15-5-4-12(17)9-14(15)16(18)19-3/h4-5,9-11,13H,6-8,17H2,1-3H3. The van der Waals surface area contributed by atoms with Crippen molar-refractivity contribution >= 4 is 11.7 Å². The summed E-state index contributed by atoms with van der Waals surface area (Å²) in [5, 5.41) is 0. The van der Waals surface area contributed by atoms with Crippen LogP contribution in [0.5, 0.6) is 5.75 Å². The van der Waals surface area contributed by atoms with E-state index in [1.807, 2.05) is 0 Å². The largest absolute Gasteiger partial charge is 0.490 e. The number of carbonyl (C=O) groups is 1. The van der Waals surface area contributed by atoms with Crippen LogP contribution in [0.25, 0.3) is 0 Å². The average molecular weight is 277 g/mol. The minimum Gasteiger partial charge on any atom is -0.490 e. The Morgan fingerprint density at radius 3 is 2.45 bits per heavy atom. The first-order valence-corrected chi connectivity index (χ1v) is 7.14. The first-order chi connectivity index (χ1) is 9.49. The van der Waals surface area contributed by atoms with E-state index in [9.17, 15) is 4.79 Å². The van der Waals surface area contributed by atoms with E-state index in [1.165, 1.54) is 13.5 Å². The molecule has 4 heteroatoms. The Labute approximate surface area is 120 Å². The van der Waals surface area contributed by atoms with E-state index in [4.69, 9.17) is 15.2 Å². The second-order valence-corrected chi connectivity index (χ2v) is 5.90. The molecule has 0 saturated heterocycles. The number of rotatable bonds is 3. The highest BCUT2D eigenvalue weighted by Gasteiger charge is 2.26. The summed E-state index contributed by atoms with van der Waals surface area (Å²) in [6.07, 6.45) is 3.44. The Morgan fingerprint density at radius 2 is 1.85 bits per heavy atom. The number of ether oxygens (including phenoxy) is 2. The second-order valence-electron chi connectivity index (χ2n) is 5.90. The molecule has 4 nitrogen and oxygen atoms in total. The zero-order valence-electron chi connectivity index (χ0n) is 12.4. The fraction of sp³-hybridized carbons (Fsp3) is 0.562. The van der Waals surface area contributed by atoms with Gasteiger partial charge in [0.15, 0.2) is 0 Å². The second kappa shape index (κ2) is 6.16. The highest BCUT2D eigenvalue weighted by molar-refractivity contribution is 5.93. The van der Waals surface area contributed by atoms with E-state index in [-0.39, 0.29) is 6.10 Å². The first-order valence-electron chi connectivity index (χ1n) is 7.14. The van der Waals surface area contributed by atoms with Crippen LogP contribution in [0.2, 0.25) is 0 Å². The van der Waals surface area contributed by atoms with Crippen molar-refractivity contribution in [3.05, 3.63) is 23.8 Å². The summed E-state index contributed by atoms with van der Waals surface area (Å²) >= 11 is 0. The number of esters is 1. The van der Waals surface area contributed by atoms with Crippen LogP contribution in [0, 0.1) is 11.8 Å². The molecule has 0 heterocycles. The fourth-order valence-electron chi connectivity index (χ4n) is 3.07. The van der Waals surface area contributed by atoms with Crippen LogP contribution in [0.1, 0.15) is 43.5 Å². The lowest BCUT2D eigenvalue weighted by atomic mass is 9.82. The number of hydrogen-bond acceptors (Lipinski definition) is 4. The summed E-state index contributed by atoms with van der Waals surface area (Å²) < 4.78 is 10.8. The lowest BCUT2D eigenvalue weighted by Gasteiger charge is -2.32. The molecule has 2 unspecified atom stereocenters. The van der Waals surface area contributed by atoms with Crippen molar-refractivity contribution in [2.24, 2.45) is 11.8 Å². The zero-order chi connectivity index (χ0) is 14.7. The predicted molar refractivity (Wildman–Crippen MR) is 78.8 cm³/mol. The monoisotopic (exact) mass is 277 g/mol. The minimum absolute atomic E-state index is 0.154. The summed E-state index contributed by atoms with van der Waals surface area (Å²) in [4.78, 5) is 11.8. The van der Waals surface area contributed by atoms with Crippen LogP contribution in [-0.2, 0) is 4.74 Å². The molecular formula is C16H23NO3. The third kappa shape index (κ3) is 3.44. The van der Waals surface area contributed by atoms with E-state index in [1.54, 1.807) is 18.2 Å². The van der Waals surface area contributed by atoms with Crippen molar-refractivity contribution in [2.75, 3.05) is 12.8 Å². The number of nitrogens with two attached hydrogens (primary N) is 1. The molecule has 1 fully saturated rings. The van der Waals surface area contributed by atoms with Crippen LogP contribution in [-0.4, -0.2) is 19.2 Å². The maximum atomic E-state index is 11.8. The van der Waals surface area contributed by atoms with Gasteiger partial charge in [-0.1, -0.05) is 13.8 Å². The zero-order valence-corrected chi connectivity index (χ0v) is 12.4. The van der Waals surface area contributed by atoms with Crippen molar-refractivity contribution in [3.63, 3.8) is 0 Å². The summed E-state index contributed by atoms with van der Waals surface area (Å²) in [5.74, 6) is 1.46. The lowest BCUT2D eigenvalue weighted by Crippen LogP contribution is -2.29. The van der Waals surface area contributed by atoms with Gasteiger partial charge < -0.3 is 15.2 Å². The number of methoxy groups -OCH3 is 1. The third-order valence-electron chi connectivity index (χ3n) is 3.84. The molecule has 0 aromatic heterocycles. The van der Waals surface area contributed by atoms with Gasteiger partial charge in [0, 0.05) is 5.69 Å². The molecular weight excluding hydrogens is 254 g/mol. The van der Waals surface area contributed by atoms with Crippen LogP contribution in [0.15, 0.2) is 18.2 Å². The molecule has 1 saturated carbocycles. The van der Waals surface area contributed by atoms with E-state index in [2.05, 4.69) is 13.8 Å². The number of carbonyl (C=O) groups excluding carboxylic acids is 1. The van der Waals surface area contributed by atoms with Crippen molar-refractivity contribution in [1.29, 1.82) is 0 Å². The van der Waals surface area contributed by atoms with Crippen molar-refractivity contribution in [1.82, 2.24) is 0 Å². The molecule has 0 radical (unpaired) electrons. The number of benzene rings is 1. The molecule has 20 heavy (non-hydrogen) atoms. The van der Waals surface area contributed by atoms with Gasteiger partial charge in [0.2, 0.25) is 0 Å². The molecule has 0 aliphatic heterocycles. The quantitative estimate of drug-likeness (QED) is 0.680. The van der Waals surface area contributed by atoms with E-state index >= 15 is 0 Å². The minimum atomic E-state index is -0.413. The summed E-state index contributed by atoms with van der Waals surface area (Å²) in [7, 11) is 1.36. The Bertz CT molecular complexity index is 477. The number of hydrogen-bond donors (Lipinski definition) is 1. The van der Waals surface area contributed by atoms with Crippen LogP contribution in [0.3, 0.4) is 0 Å². The number of nitrogen functional groups attached to an aromatic ring is 1. The normalized spacial score (nSPS) is 26.1. The maximum absolute atomic E-state index is 11.8. The molecule has 0 spiro atoms. The van der Waals surface area contributed by atoms with Crippen LogP contribution in [0.4, 0.5) is 5.69 Å². The highest BCUT2D eigenvalue weighted by atomic mass is 16.5. The van der Waals surface area contributed by atoms with Gasteiger partial charge in [-0.25, -0.2) is 4.79 Å². The van der Waals surface area contributed by atoms with Crippen LogP contribution < -0.4 is 10.5 Å². The van der Waals surface area contributed by atoms with E-state index in [0.717, 1.165) is 12.8 Å². The lowest BCUT2D eigenvalue weighted by molar-refractivity contribution is 0.0583.